The topological polar surface area (TPSA) is 86.5 Å². The molecule has 0 aliphatic heterocycles. The van der Waals surface area contributed by atoms with E-state index >= 15 is 0 Å². The Morgan fingerprint density at radius 1 is 1.24 bits per heavy atom. The van der Waals surface area contributed by atoms with E-state index in [2.05, 4.69) is 56.0 Å². The van der Waals surface area contributed by atoms with E-state index in [9.17, 15) is 4.79 Å². The Bertz CT molecular complexity index is 1030. The van der Waals surface area contributed by atoms with Gasteiger partial charge in [-0.1, -0.05) is 57.7 Å². The Morgan fingerprint density at radius 2 is 1.88 bits per heavy atom. The van der Waals surface area contributed by atoms with Crippen LogP contribution in [0.15, 0.2) is 53.0 Å². The molecule has 1 N–H and O–H groups in total. The molecule has 7 nitrogen and oxygen atoms in total. The fraction of sp³-hybridized carbons (Fsp3) is 0.500. The number of benzene rings is 1. The van der Waals surface area contributed by atoms with Gasteiger partial charge in [0.05, 0.1) is 7.11 Å². The van der Waals surface area contributed by atoms with Crippen molar-refractivity contribution >= 4 is 20.0 Å². The number of hydrogen-bond acceptors (Lipinski definition) is 6. The first kappa shape index (κ1) is 25.9. The van der Waals surface area contributed by atoms with Gasteiger partial charge in [-0.25, -0.2) is 0 Å². The van der Waals surface area contributed by atoms with Gasteiger partial charge in [-0.05, 0) is 44.0 Å². The Kier molecular flexibility index (Phi) is 7.83. The van der Waals surface area contributed by atoms with Gasteiger partial charge in [-0.2, -0.15) is 0 Å². The Labute approximate surface area is 203 Å². The van der Waals surface area contributed by atoms with Crippen LogP contribution in [0.2, 0.25) is 18.1 Å². The molecule has 1 aromatic carbocycles. The molecule has 1 atom stereocenters. The molecule has 0 bridgehead atoms. The van der Waals surface area contributed by atoms with E-state index in [0.29, 0.717) is 23.1 Å². The van der Waals surface area contributed by atoms with Crippen LogP contribution in [0.5, 0.6) is 0 Å². The number of aromatic nitrogens is 2. The minimum atomic E-state index is -1.94. The number of carbonyl (C=O) groups is 1. The van der Waals surface area contributed by atoms with Crippen LogP contribution in [0.25, 0.3) is 5.76 Å². The molecule has 0 saturated heterocycles. The summed E-state index contributed by atoms with van der Waals surface area (Å²) in [4.78, 5) is 12.6. The van der Waals surface area contributed by atoms with Crippen LogP contribution < -0.4 is 5.32 Å². The summed E-state index contributed by atoms with van der Waals surface area (Å²) >= 11 is 0. The molecule has 8 heteroatoms. The summed E-state index contributed by atoms with van der Waals surface area (Å²) in [5, 5.41) is 11.6. The van der Waals surface area contributed by atoms with Gasteiger partial charge >= 0.3 is 0 Å². The molecule has 1 aliphatic rings. The highest BCUT2D eigenvalue weighted by Crippen LogP contribution is 2.40. The highest BCUT2D eigenvalue weighted by atomic mass is 28.4. The number of hydrogen-bond donors (Lipinski definition) is 1. The Balaban J connectivity index is 1.52. The van der Waals surface area contributed by atoms with E-state index in [4.69, 9.17) is 13.6 Å². The van der Waals surface area contributed by atoms with Crippen molar-refractivity contribution in [3.63, 3.8) is 0 Å². The summed E-state index contributed by atoms with van der Waals surface area (Å²) in [7, 11) is -0.356. The van der Waals surface area contributed by atoms with Crippen molar-refractivity contribution in [1.82, 2.24) is 15.5 Å². The lowest BCUT2D eigenvalue weighted by atomic mass is 9.80. The van der Waals surface area contributed by atoms with Gasteiger partial charge in [0.1, 0.15) is 11.9 Å². The predicted molar refractivity (Wildman–Crippen MR) is 135 cm³/mol. The molecule has 0 unspecified atom stereocenters. The number of methoxy groups -OCH3 is 1. The van der Waals surface area contributed by atoms with Gasteiger partial charge in [0.2, 0.25) is 11.8 Å². The lowest BCUT2D eigenvalue weighted by Crippen LogP contribution is -2.43. The summed E-state index contributed by atoms with van der Waals surface area (Å²) in [6, 6.07) is 9.66. The van der Waals surface area contributed by atoms with E-state index in [1.54, 1.807) is 13.2 Å². The second kappa shape index (κ2) is 10.3. The molecule has 0 radical (unpaired) electrons. The average Bonchev–Trinajstić information content (AvgIpc) is 3.23. The van der Waals surface area contributed by atoms with Gasteiger partial charge in [-0.3, -0.25) is 4.79 Å². The first-order valence-corrected chi connectivity index (χ1v) is 14.6. The lowest BCUT2D eigenvalue weighted by molar-refractivity contribution is -0.118. The van der Waals surface area contributed by atoms with Gasteiger partial charge in [0, 0.05) is 23.1 Å². The van der Waals surface area contributed by atoms with Crippen LogP contribution in [0.4, 0.5) is 0 Å². The minimum absolute atomic E-state index is 0.0432. The van der Waals surface area contributed by atoms with Gasteiger partial charge < -0.3 is 18.9 Å². The standard InChI is InChI=1S/C26H37N3O4Si/c1-17(14-22(31-6)19-12-10-9-11-13-19)23(30)27-21-15-20(16-21)25-29-28-24(32-25)18(2)33-34(7,8)26(3,4)5/h9-14,18,20-21H,1,15-16H2,2-8H3,(H,27,30)/b22-14-/t18-,20-,21-/m1/s1. The van der Waals surface area contributed by atoms with Gasteiger partial charge in [0.25, 0.3) is 5.91 Å². The summed E-state index contributed by atoms with van der Waals surface area (Å²) in [5.74, 6) is 1.64. The molecule has 1 fully saturated rings. The monoisotopic (exact) mass is 483 g/mol. The third-order valence-corrected chi connectivity index (χ3v) is 11.3. The average molecular weight is 484 g/mol. The molecular weight excluding hydrogens is 446 g/mol. The number of rotatable bonds is 9. The third kappa shape index (κ3) is 6.04. The summed E-state index contributed by atoms with van der Waals surface area (Å²) in [5.41, 5.74) is 1.24. The van der Waals surface area contributed by atoms with E-state index in [-0.39, 0.29) is 29.0 Å². The zero-order valence-electron chi connectivity index (χ0n) is 21.3. The lowest BCUT2D eigenvalue weighted by Gasteiger charge is -2.37. The summed E-state index contributed by atoms with van der Waals surface area (Å²) in [6.07, 6.45) is 2.91. The molecule has 1 amide bonds. The predicted octanol–water partition coefficient (Wildman–Crippen LogP) is 5.76. The molecule has 1 heterocycles. The molecular formula is C26H37N3O4Si. The SMILES string of the molecule is C=C(/C=C(\OC)c1ccccc1)C(=O)N[C@H]1C[C@H](c2nnc([C@@H](C)O[Si](C)(C)C(C)(C)C)o2)C1. The Morgan fingerprint density at radius 3 is 2.47 bits per heavy atom. The third-order valence-electron chi connectivity index (χ3n) is 6.78. The second-order valence-corrected chi connectivity index (χ2v) is 15.2. The van der Waals surface area contributed by atoms with E-state index in [0.717, 1.165) is 18.4 Å². The fourth-order valence-corrected chi connectivity index (χ4v) is 4.88. The normalized spacial score (nSPS) is 19.8. The van der Waals surface area contributed by atoms with Gasteiger partial charge in [-0.15, -0.1) is 10.2 Å². The first-order chi connectivity index (χ1) is 15.9. The van der Waals surface area contributed by atoms with E-state index in [1.165, 1.54) is 0 Å². The maximum Gasteiger partial charge on any atom is 0.251 e. The molecule has 0 spiro atoms. The molecule has 1 saturated carbocycles. The number of nitrogens with zero attached hydrogens (tertiary/aromatic N) is 2. The van der Waals surface area contributed by atoms with Crippen LogP contribution in [0.3, 0.4) is 0 Å². The first-order valence-electron chi connectivity index (χ1n) is 11.7. The van der Waals surface area contributed by atoms with Crippen molar-refractivity contribution in [2.24, 2.45) is 0 Å². The van der Waals surface area contributed by atoms with Crippen LogP contribution in [-0.2, 0) is 14.0 Å². The van der Waals surface area contributed by atoms with E-state index in [1.807, 2.05) is 37.3 Å². The quantitative estimate of drug-likeness (QED) is 0.211. The van der Waals surface area contributed by atoms with Crippen molar-refractivity contribution < 1.29 is 18.4 Å². The fourth-order valence-electron chi connectivity index (χ4n) is 3.55. The van der Waals surface area contributed by atoms with Crippen molar-refractivity contribution in [2.45, 2.75) is 76.7 Å². The van der Waals surface area contributed by atoms with Crippen molar-refractivity contribution in [1.29, 1.82) is 0 Å². The maximum absolute atomic E-state index is 12.6. The van der Waals surface area contributed by atoms with Crippen molar-refractivity contribution in [2.75, 3.05) is 7.11 Å². The Hall–Kier alpha value is -2.71. The number of amides is 1. The zero-order valence-corrected chi connectivity index (χ0v) is 22.3. The smallest absolute Gasteiger partial charge is 0.251 e. The molecule has 1 aromatic heterocycles. The highest BCUT2D eigenvalue weighted by Gasteiger charge is 2.40. The summed E-state index contributed by atoms with van der Waals surface area (Å²) in [6.45, 7) is 16.9. The second-order valence-electron chi connectivity index (χ2n) is 10.4. The van der Waals surface area contributed by atoms with Crippen LogP contribution in [-0.4, -0.2) is 37.6 Å². The number of ether oxygens (including phenoxy) is 1. The largest absolute Gasteiger partial charge is 0.496 e. The number of carbonyl (C=O) groups excluding carboxylic acids is 1. The maximum atomic E-state index is 12.6. The summed E-state index contributed by atoms with van der Waals surface area (Å²) < 4.78 is 17.7. The van der Waals surface area contributed by atoms with E-state index < -0.39 is 8.32 Å². The zero-order chi connectivity index (χ0) is 25.1. The molecule has 184 valence electrons. The highest BCUT2D eigenvalue weighted by molar-refractivity contribution is 6.74. The van der Waals surface area contributed by atoms with Crippen LogP contribution in [0, 0.1) is 0 Å². The van der Waals surface area contributed by atoms with Crippen molar-refractivity contribution in [3.05, 3.63) is 65.9 Å². The number of nitrogens with one attached hydrogen (secondary N) is 1. The molecule has 34 heavy (non-hydrogen) atoms. The van der Waals surface area contributed by atoms with Gasteiger partial charge in [0.15, 0.2) is 8.32 Å². The van der Waals surface area contributed by atoms with Crippen LogP contribution >= 0.6 is 0 Å². The molecule has 2 aromatic rings. The van der Waals surface area contributed by atoms with Crippen LogP contribution in [0.1, 0.15) is 69.9 Å². The minimum Gasteiger partial charge on any atom is -0.496 e. The molecule has 1 aliphatic carbocycles. The van der Waals surface area contributed by atoms with Crippen molar-refractivity contribution in [3.8, 4) is 0 Å². The molecule has 3 rings (SSSR count).